The van der Waals surface area contributed by atoms with Crippen molar-refractivity contribution in [1.29, 1.82) is 0 Å². The summed E-state index contributed by atoms with van der Waals surface area (Å²) in [5.74, 6) is 0.897. The van der Waals surface area contributed by atoms with Gasteiger partial charge in [-0.05, 0) is 70.0 Å². The Kier molecular flexibility index (Phi) is 6.51. The number of nitrogens with zero attached hydrogens (tertiary/aromatic N) is 1. The predicted octanol–water partition coefficient (Wildman–Crippen LogP) is 4.63. The number of nitrogens with one attached hydrogen (secondary N) is 1. The second kappa shape index (κ2) is 9.05. The number of benzene rings is 2. The first-order valence-electron chi connectivity index (χ1n) is 9.86. The van der Waals surface area contributed by atoms with Crippen LogP contribution >= 0.6 is 0 Å². The third-order valence-electron chi connectivity index (χ3n) is 5.12. The van der Waals surface area contributed by atoms with Crippen LogP contribution in [0.15, 0.2) is 48.5 Å². The van der Waals surface area contributed by atoms with Gasteiger partial charge in [0.2, 0.25) is 5.91 Å². The van der Waals surface area contributed by atoms with Crippen LogP contribution in [0.5, 0.6) is 5.75 Å². The number of para-hydroxylation sites is 2. The topological polar surface area (TPSA) is 41.6 Å². The van der Waals surface area contributed by atoms with E-state index in [1.807, 2.05) is 38.1 Å². The average molecular weight is 367 g/mol. The van der Waals surface area contributed by atoms with Crippen LogP contribution in [0.4, 0.5) is 5.69 Å². The van der Waals surface area contributed by atoms with Gasteiger partial charge in [-0.2, -0.15) is 0 Å². The molecule has 27 heavy (non-hydrogen) atoms. The van der Waals surface area contributed by atoms with Gasteiger partial charge in [0.15, 0.2) is 0 Å². The smallest absolute Gasteiger partial charge is 0.227 e. The fraction of sp³-hybridized carbons (Fsp3) is 0.435. The highest BCUT2D eigenvalue weighted by atomic mass is 16.5. The quantitative estimate of drug-likeness (QED) is 0.810. The zero-order chi connectivity index (χ0) is 19.2. The van der Waals surface area contributed by atoms with Gasteiger partial charge in [0, 0.05) is 12.5 Å². The van der Waals surface area contributed by atoms with E-state index in [2.05, 4.69) is 41.4 Å². The van der Waals surface area contributed by atoms with Crippen LogP contribution < -0.4 is 10.1 Å². The van der Waals surface area contributed by atoms with E-state index >= 15 is 0 Å². The molecule has 4 nitrogen and oxygen atoms in total. The van der Waals surface area contributed by atoms with Crippen molar-refractivity contribution >= 4 is 11.6 Å². The summed E-state index contributed by atoms with van der Waals surface area (Å²) >= 11 is 0. The fourth-order valence-electron chi connectivity index (χ4n) is 3.54. The molecule has 0 saturated carbocycles. The Balaban J connectivity index is 1.54. The lowest BCUT2D eigenvalue weighted by Gasteiger charge is -2.31. The second-order valence-electron chi connectivity index (χ2n) is 7.63. The molecule has 1 aliphatic rings. The molecule has 0 atom stereocenters. The average Bonchev–Trinajstić information content (AvgIpc) is 2.65. The van der Waals surface area contributed by atoms with Crippen molar-refractivity contribution in [2.24, 2.45) is 5.92 Å². The van der Waals surface area contributed by atoms with Crippen LogP contribution in [0.2, 0.25) is 0 Å². The molecule has 3 rings (SSSR count). The number of anilines is 1. The first-order chi connectivity index (χ1) is 13.0. The minimum Gasteiger partial charge on any atom is -0.489 e. The Morgan fingerprint density at radius 1 is 1.11 bits per heavy atom. The Labute approximate surface area is 162 Å². The van der Waals surface area contributed by atoms with Crippen LogP contribution in [-0.2, 0) is 11.3 Å². The number of hydrogen-bond acceptors (Lipinski definition) is 3. The predicted molar refractivity (Wildman–Crippen MR) is 110 cm³/mol. The standard InChI is InChI=1S/C23H30N2O2/c1-17(2)27-22-11-7-6-10-21(22)24-23(26)19-12-14-25(15-13-19)16-20-9-5-4-8-18(20)3/h4-11,17,19H,12-16H2,1-3H3,(H,24,26). The molecule has 1 aliphatic heterocycles. The zero-order valence-corrected chi connectivity index (χ0v) is 16.6. The molecule has 1 fully saturated rings. The van der Waals surface area contributed by atoms with E-state index in [4.69, 9.17) is 4.74 Å². The molecule has 4 heteroatoms. The summed E-state index contributed by atoms with van der Waals surface area (Å²) in [6.07, 6.45) is 1.86. The molecule has 0 aliphatic carbocycles. The maximum absolute atomic E-state index is 12.7. The lowest BCUT2D eigenvalue weighted by Crippen LogP contribution is -2.37. The lowest BCUT2D eigenvalue weighted by atomic mass is 9.95. The van der Waals surface area contributed by atoms with Gasteiger partial charge in [-0.1, -0.05) is 36.4 Å². The van der Waals surface area contributed by atoms with E-state index in [0.717, 1.165) is 43.9 Å². The maximum atomic E-state index is 12.7. The van der Waals surface area contributed by atoms with Gasteiger partial charge in [0.25, 0.3) is 0 Å². The summed E-state index contributed by atoms with van der Waals surface area (Å²) in [6, 6.07) is 16.2. The van der Waals surface area contributed by atoms with Crippen molar-refractivity contribution in [1.82, 2.24) is 4.90 Å². The van der Waals surface area contributed by atoms with Crippen molar-refractivity contribution in [3.05, 3.63) is 59.7 Å². The molecule has 0 bridgehead atoms. The number of aryl methyl sites for hydroxylation is 1. The SMILES string of the molecule is Cc1ccccc1CN1CCC(C(=O)Nc2ccccc2OC(C)C)CC1. The van der Waals surface area contributed by atoms with Crippen LogP contribution in [0.1, 0.15) is 37.8 Å². The van der Waals surface area contributed by atoms with Gasteiger partial charge < -0.3 is 10.1 Å². The molecule has 0 aromatic heterocycles. The summed E-state index contributed by atoms with van der Waals surface area (Å²) in [7, 11) is 0. The summed E-state index contributed by atoms with van der Waals surface area (Å²) < 4.78 is 5.81. The van der Waals surface area contributed by atoms with E-state index in [1.54, 1.807) is 0 Å². The summed E-state index contributed by atoms with van der Waals surface area (Å²) in [4.78, 5) is 15.2. The number of hydrogen-bond donors (Lipinski definition) is 1. The molecule has 144 valence electrons. The molecule has 1 N–H and O–H groups in total. The Bertz CT molecular complexity index is 764. The molecule has 2 aromatic carbocycles. The second-order valence-corrected chi connectivity index (χ2v) is 7.63. The van der Waals surface area contributed by atoms with Crippen LogP contribution in [0.3, 0.4) is 0 Å². The van der Waals surface area contributed by atoms with E-state index in [-0.39, 0.29) is 17.9 Å². The molecule has 1 heterocycles. The highest BCUT2D eigenvalue weighted by Crippen LogP contribution is 2.27. The number of ether oxygens (including phenoxy) is 1. The molecular formula is C23H30N2O2. The molecule has 0 unspecified atom stereocenters. The summed E-state index contributed by atoms with van der Waals surface area (Å²) in [5, 5.41) is 3.08. The van der Waals surface area contributed by atoms with Crippen LogP contribution in [0, 0.1) is 12.8 Å². The number of carbonyl (C=O) groups excluding carboxylic acids is 1. The highest BCUT2D eigenvalue weighted by molar-refractivity contribution is 5.94. The number of carbonyl (C=O) groups is 1. The number of piperidine rings is 1. The van der Waals surface area contributed by atoms with Gasteiger partial charge in [0.05, 0.1) is 11.8 Å². The van der Waals surface area contributed by atoms with E-state index in [9.17, 15) is 4.79 Å². The van der Waals surface area contributed by atoms with Gasteiger partial charge in [0.1, 0.15) is 5.75 Å². The Hall–Kier alpha value is -2.33. The third kappa shape index (κ3) is 5.33. The highest BCUT2D eigenvalue weighted by Gasteiger charge is 2.25. The molecule has 1 amide bonds. The molecular weight excluding hydrogens is 336 g/mol. The Morgan fingerprint density at radius 3 is 2.48 bits per heavy atom. The van der Waals surface area contributed by atoms with E-state index < -0.39 is 0 Å². The van der Waals surface area contributed by atoms with Gasteiger partial charge in [-0.15, -0.1) is 0 Å². The van der Waals surface area contributed by atoms with E-state index in [1.165, 1.54) is 11.1 Å². The van der Waals surface area contributed by atoms with Crippen LogP contribution in [0.25, 0.3) is 0 Å². The van der Waals surface area contributed by atoms with Crippen molar-refractivity contribution in [2.75, 3.05) is 18.4 Å². The first-order valence-corrected chi connectivity index (χ1v) is 9.86. The van der Waals surface area contributed by atoms with Crippen molar-refractivity contribution in [3.8, 4) is 5.75 Å². The Morgan fingerprint density at radius 2 is 1.78 bits per heavy atom. The number of likely N-dealkylation sites (tertiary alicyclic amines) is 1. The summed E-state index contributed by atoms with van der Waals surface area (Å²) in [5.41, 5.74) is 3.47. The normalized spacial score (nSPS) is 15.7. The van der Waals surface area contributed by atoms with Crippen molar-refractivity contribution in [2.45, 2.75) is 46.3 Å². The van der Waals surface area contributed by atoms with Gasteiger partial charge in [-0.3, -0.25) is 9.69 Å². The molecule has 0 spiro atoms. The molecule has 2 aromatic rings. The van der Waals surface area contributed by atoms with Gasteiger partial charge in [-0.25, -0.2) is 0 Å². The molecule has 1 saturated heterocycles. The third-order valence-corrected chi connectivity index (χ3v) is 5.12. The number of rotatable bonds is 6. The minimum atomic E-state index is 0.0604. The van der Waals surface area contributed by atoms with Crippen molar-refractivity contribution < 1.29 is 9.53 Å². The fourth-order valence-corrected chi connectivity index (χ4v) is 3.54. The minimum absolute atomic E-state index is 0.0604. The molecule has 0 radical (unpaired) electrons. The van der Waals surface area contributed by atoms with Crippen LogP contribution in [-0.4, -0.2) is 30.0 Å². The van der Waals surface area contributed by atoms with Crippen molar-refractivity contribution in [3.63, 3.8) is 0 Å². The van der Waals surface area contributed by atoms with Gasteiger partial charge >= 0.3 is 0 Å². The monoisotopic (exact) mass is 366 g/mol. The lowest BCUT2D eigenvalue weighted by molar-refractivity contribution is -0.121. The summed E-state index contributed by atoms with van der Waals surface area (Å²) in [6.45, 7) is 9.01. The maximum Gasteiger partial charge on any atom is 0.227 e. The zero-order valence-electron chi connectivity index (χ0n) is 16.6. The first kappa shape index (κ1) is 19.4. The van der Waals surface area contributed by atoms with E-state index in [0.29, 0.717) is 0 Å². The largest absolute Gasteiger partial charge is 0.489 e. The number of amides is 1.